The second-order valence-electron chi connectivity index (χ2n) is 10.3. The van der Waals surface area contributed by atoms with Gasteiger partial charge < -0.3 is 15.0 Å². The summed E-state index contributed by atoms with van der Waals surface area (Å²) in [4.78, 5) is 28.9. The van der Waals surface area contributed by atoms with Crippen molar-refractivity contribution in [1.29, 1.82) is 0 Å². The molecule has 41 heavy (non-hydrogen) atoms. The molecule has 0 heterocycles. The average molecular weight is 598 g/mol. The summed E-state index contributed by atoms with van der Waals surface area (Å²) in [6.45, 7) is 3.20. The van der Waals surface area contributed by atoms with Crippen LogP contribution in [0, 0.1) is 6.92 Å². The van der Waals surface area contributed by atoms with E-state index >= 15 is 0 Å². The van der Waals surface area contributed by atoms with Crippen LogP contribution in [-0.2, 0) is 26.2 Å². The minimum absolute atomic E-state index is 0.00642. The molecule has 0 aliphatic heterocycles. The van der Waals surface area contributed by atoms with Crippen LogP contribution in [0.1, 0.15) is 43.7 Å². The molecule has 3 aromatic carbocycles. The van der Waals surface area contributed by atoms with E-state index in [1.54, 1.807) is 37.3 Å². The Bertz CT molecular complexity index is 1460. The van der Waals surface area contributed by atoms with Crippen molar-refractivity contribution in [2.24, 2.45) is 0 Å². The molecule has 218 valence electrons. The summed E-state index contributed by atoms with van der Waals surface area (Å²) in [7, 11) is -2.81. The van der Waals surface area contributed by atoms with E-state index in [1.165, 1.54) is 30.2 Å². The third-order valence-corrected chi connectivity index (χ3v) is 9.37. The molecule has 1 atom stereocenters. The Kier molecular flexibility index (Phi) is 9.94. The molecule has 1 N–H and O–H groups in total. The van der Waals surface area contributed by atoms with Crippen molar-refractivity contribution in [2.45, 2.75) is 63.1 Å². The number of methoxy groups -OCH3 is 1. The number of hydrogen-bond acceptors (Lipinski definition) is 5. The maximum absolute atomic E-state index is 14.1. The molecule has 1 fully saturated rings. The number of anilines is 1. The highest BCUT2D eigenvalue weighted by Crippen LogP contribution is 2.35. The fraction of sp³-hybridized carbons (Fsp3) is 0.355. The molecule has 0 bridgehead atoms. The number of benzene rings is 3. The Labute approximate surface area is 247 Å². The lowest BCUT2D eigenvalue weighted by atomic mass is 10.1. The van der Waals surface area contributed by atoms with Gasteiger partial charge >= 0.3 is 0 Å². The van der Waals surface area contributed by atoms with Crippen LogP contribution in [0.2, 0.25) is 5.02 Å². The van der Waals surface area contributed by atoms with Gasteiger partial charge in [0.05, 0.1) is 17.7 Å². The van der Waals surface area contributed by atoms with Crippen LogP contribution >= 0.6 is 11.6 Å². The Hall–Kier alpha value is -3.56. The van der Waals surface area contributed by atoms with Crippen LogP contribution in [-0.4, -0.2) is 50.9 Å². The van der Waals surface area contributed by atoms with Crippen molar-refractivity contribution in [3.63, 3.8) is 0 Å². The normalized spacial score (nSPS) is 14.3. The van der Waals surface area contributed by atoms with Crippen molar-refractivity contribution < 1.29 is 22.7 Å². The molecular weight excluding hydrogens is 562 g/mol. The molecule has 0 aromatic heterocycles. The molecule has 10 heteroatoms. The first-order valence-electron chi connectivity index (χ1n) is 13.7. The molecule has 0 radical (unpaired) electrons. The van der Waals surface area contributed by atoms with Crippen LogP contribution < -0.4 is 14.4 Å². The second kappa shape index (κ2) is 13.4. The molecule has 8 nitrogen and oxygen atoms in total. The Balaban J connectivity index is 1.72. The number of carbonyl (C=O) groups excluding carboxylic acids is 2. The monoisotopic (exact) mass is 597 g/mol. The molecule has 0 saturated heterocycles. The van der Waals surface area contributed by atoms with Crippen LogP contribution in [0.5, 0.6) is 5.75 Å². The minimum Gasteiger partial charge on any atom is -0.495 e. The number of aryl methyl sites for hydroxylation is 1. The first-order valence-corrected chi connectivity index (χ1v) is 15.5. The number of halogens is 1. The molecular formula is C31H36ClN3O5S. The fourth-order valence-corrected chi connectivity index (χ4v) is 6.56. The highest BCUT2D eigenvalue weighted by Gasteiger charge is 2.34. The summed E-state index contributed by atoms with van der Waals surface area (Å²) in [5.41, 5.74) is 2.00. The third-order valence-electron chi connectivity index (χ3n) is 7.36. The third kappa shape index (κ3) is 7.40. The van der Waals surface area contributed by atoms with Gasteiger partial charge in [-0.25, -0.2) is 8.42 Å². The highest BCUT2D eigenvalue weighted by molar-refractivity contribution is 7.92. The predicted octanol–water partition coefficient (Wildman–Crippen LogP) is 5.33. The number of nitrogens with one attached hydrogen (secondary N) is 1. The van der Waals surface area contributed by atoms with Crippen molar-refractivity contribution in [1.82, 2.24) is 10.2 Å². The van der Waals surface area contributed by atoms with Gasteiger partial charge in [-0.3, -0.25) is 13.9 Å². The number of sulfonamides is 1. The van der Waals surface area contributed by atoms with E-state index in [0.717, 1.165) is 41.1 Å². The molecule has 1 aliphatic rings. The van der Waals surface area contributed by atoms with Gasteiger partial charge in [0.15, 0.2) is 0 Å². The van der Waals surface area contributed by atoms with Crippen LogP contribution in [0.3, 0.4) is 0 Å². The number of ether oxygens (including phenoxy) is 1. The first kappa shape index (κ1) is 30.4. The number of nitrogens with zero attached hydrogens (tertiary/aromatic N) is 2. The van der Waals surface area contributed by atoms with Gasteiger partial charge in [0.25, 0.3) is 10.0 Å². The van der Waals surface area contributed by atoms with Crippen molar-refractivity contribution in [2.75, 3.05) is 18.0 Å². The molecule has 2 amide bonds. The Morgan fingerprint density at radius 3 is 2.32 bits per heavy atom. The summed E-state index contributed by atoms with van der Waals surface area (Å²) in [5.74, 6) is -0.574. The summed E-state index contributed by atoms with van der Waals surface area (Å²) in [5, 5.41) is 3.35. The molecule has 3 aromatic rings. The zero-order chi connectivity index (χ0) is 29.6. The summed E-state index contributed by atoms with van der Waals surface area (Å²) >= 11 is 6.28. The lowest BCUT2D eigenvalue weighted by Crippen LogP contribution is -2.52. The fourth-order valence-electron chi connectivity index (χ4n) is 4.96. The topological polar surface area (TPSA) is 96.0 Å². The summed E-state index contributed by atoms with van der Waals surface area (Å²) < 4.78 is 34.4. The van der Waals surface area contributed by atoms with Crippen molar-refractivity contribution >= 4 is 39.1 Å². The van der Waals surface area contributed by atoms with Crippen molar-refractivity contribution in [3.8, 4) is 5.75 Å². The average Bonchev–Trinajstić information content (AvgIpc) is 3.48. The summed E-state index contributed by atoms with van der Waals surface area (Å²) in [6.07, 6.45) is 3.92. The van der Waals surface area contributed by atoms with E-state index in [2.05, 4.69) is 5.32 Å². The molecule has 1 aliphatic carbocycles. The van der Waals surface area contributed by atoms with Gasteiger partial charge in [-0.1, -0.05) is 72.5 Å². The van der Waals surface area contributed by atoms with E-state index in [-0.39, 0.29) is 39.8 Å². The second-order valence-corrected chi connectivity index (χ2v) is 12.6. The number of rotatable bonds is 11. The molecule has 0 spiro atoms. The Morgan fingerprint density at radius 2 is 1.68 bits per heavy atom. The predicted molar refractivity (Wildman–Crippen MR) is 161 cm³/mol. The quantitative estimate of drug-likeness (QED) is 0.322. The van der Waals surface area contributed by atoms with Gasteiger partial charge in [-0.2, -0.15) is 0 Å². The smallest absolute Gasteiger partial charge is 0.264 e. The van der Waals surface area contributed by atoms with E-state index in [4.69, 9.17) is 16.3 Å². The van der Waals surface area contributed by atoms with Crippen LogP contribution in [0.15, 0.2) is 77.7 Å². The summed E-state index contributed by atoms with van der Waals surface area (Å²) in [6, 6.07) is 19.4. The maximum Gasteiger partial charge on any atom is 0.264 e. The van der Waals surface area contributed by atoms with E-state index in [9.17, 15) is 18.0 Å². The van der Waals surface area contributed by atoms with Gasteiger partial charge in [0.1, 0.15) is 18.3 Å². The lowest BCUT2D eigenvalue weighted by molar-refractivity contribution is -0.139. The van der Waals surface area contributed by atoms with E-state index in [0.29, 0.717) is 0 Å². The number of carbonyl (C=O) groups is 2. The van der Waals surface area contributed by atoms with Gasteiger partial charge in [0.2, 0.25) is 11.8 Å². The van der Waals surface area contributed by atoms with E-state index < -0.39 is 28.5 Å². The molecule has 4 rings (SSSR count). The minimum atomic E-state index is -4.23. The zero-order valence-corrected chi connectivity index (χ0v) is 25.1. The standard InChI is InChI=1S/C31H36ClN3O5S/c1-22-13-15-24(16-14-22)20-34(23(2)31(37)33-26-9-7-8-10-26)30(36)21-35(28-19-25(32)17-18-29(28)40-3)41(38,39)27-11-5-4-6-12-27/h4-6,11-19,23,26H,7-10,20-21H2,1-3H3,(H,33,37)/t23-/m1/s1. The van der Waals surface area contributed by atoms with Crippen LogP contribution in [0.25, 0.3) is 0 Å². The van der Waals surface area contributed by atoms with Crippen molar-refractivity contribution in [3.05, 3.63) is 88.9 Å². The van der Waals surface area contributed by atoms with Gasteiger partial charge in [0, 0.05) is 17.6 Å². The van der Waals surface area contributed by atoms with Gasteiger partial charge in [-0.15, -0.1) is 0 Å². The maximum atomic E-state index is 14.1. The SMILES string of the molecule is COc1ccc(Cl)cc1N(CC(=O)N(Cc1ccc(C)cc1)[C@H](C)C(=O)NC1CCCC1)S(=O)(=O)c1ccccc1. The highest BCUT2D eigenvalue weighted by atomic mass is 35.5. The first-order chi connectivity index (χ1) is 19.6. The molecule has 0 unspecified atom stereocenters. The Morgan fingerprint density at radius 1 is 1.02 bits per heavy atom. The van der Waals surface area contributed by atoms with Gasteiger partial charge in [-0.05, 0) is 62.6 Å². The van der Waals surface area contributed by atoms with E-state index in [1.807, 2.05) is 31.2 Å². The van der Waals surface area contributed by atoms with Crippen LogP contribution in [0.4, 0.5) is 5.69 Å². The number of amides is 2. The lowest BCUT2D eigenvalue weighted by Gasteiger charge is -2.33. The zero-order valence-electron chi connectivity index (χ0n) is 23.5. The molecule has 1 saturated carbocycles. The number of hydrogen-bond donors (Lipinski definition) is 1. The largest absolute Gasteiger partial charge is 0.495 e.